The molecule has 0 bridgehead atoms. The van der Waals surface area contributed by atoms with Crippen molar-refractivity contribution in [3.05, 3.63) is 39.5 Å². The van der Waals surface area contributed by atoms with Gasteiger partial charge in [-0.1, -0.05) is 35.2 Å². The minimum atomic E-state index is 0.516. The largest absolute Gasteiger partial charge is 0.351 e. The van der Waals surface area contributed by atoms with E-state index in [0.29, 0.717) is 12.0 Å². The second kappa shape index (κ2) is 7.55. The summed E-state index contributed by atoms with van der Waals surface area (Å²) in [7, 11) is 0. The summed E-state index contributed by atoms with van der Waals surface area (Å²) in [5.41, 5.74) is 4.74. The molecule has 4 rings (SSSR count). The van der Waals surface area contributed by atoms with Crippen LogP contribution in [0.4, 0.5) is 17.5 Å². The Labute approximate surface area is 164 Å². The maximum atomic E-state index is 4.82. The molecule has 2 aliphatic carbocycles. The molecule has 1 aromatic heterocycles. The predicted molar refractivity (Wildman–Crippen MR) is 111 cm³/mol. The zero-order valence-corrected chi connectivity index (χ0v) is 17.2. The van der Waals surface area contributed by atoms with E-state index in [1.54, 1.807) is 0 Å². The topological polar surface area (TPSA) is 49.8 Å². The second-order valence-electron chi connectivity index (χ2n) is 7.79. The van der Waals surface area contributed by atoms with E-state index in [0.717, 1.165) is 21.9 Å². The zero-order chi connectivity index (χ0) is 18.1. The van der Waals surface area contributed by atoms with E-state index in [2.05, 4.69) is 58.6 Å². The minimum absolute atomic E-state index is 0.516. The van der Waals surface area contributed by atoms with Crippen LogP contribution < -0.4 is 10.6 Å². The van der Waals surface area contributed by atoms with Gasteiger partial charge >= 0.3 is 0 Å². The number of halogens is 1. The SMILES string of the molecule is Cc1cc(Br)cc(C)c1Nc1cc(C2CC2)nc(NC2CCCCC2)n1. The summed E-state index contributed by atoms with van der Waals surface area (Å²) >= 11 is 3.57. The Balaban J connectivity index is 1.60. The fourth-order valence-electron chi connectivity index (χ4n) is 3.85. The zero-order valence-electron chi connectivity index (χ0n) is 15.6. The van der Waals surface area contributed by atoms with Gasteiger partial charge in [-0.15, -0.1) is 0 Å². The number of anilines is 3. The van der Waals surface area contributed by atoms with Crippen molar-refractivity contribution < 1.29 is 0 Å². The minimum Gasteiger partial charge on any atom is -0.351 e. The summed E-state index contributed by atoms with van der Waals surface area (Å²) in [4.78, 5) is 9.61. The van der Waals surface area contributed by atoms with Gasteiger partial charge in [0.05, 0.1) is 5.69 Å². The number of benzene rings is 1. The van der Waals surface area contributed by atoms with Crippen LogP contribution in [0.3, 0.4) is 0 Å². The van der Waals surface area contributed by atoms with Crippen LogP contribution in [-0.4, -0.2) is 16.0 Å². The Bertz CT molecular complexity index is 772. The average molecular weight is 415 g/mol. The van der Waals surface area contributed by atoms with Crippen molar-refractivity contribution in [2.24, 2.45) is 0 Å². The maximum Gasteiger partial charge on any atom is 0.225 e. The van der Waals surface area contributed by atoms with E-state index in [-0.39, 0.29) is 0 Å². The first-order chi connectivity index (χ1) is 12.6. The van der Waals surface area contributed by atoms with Crippen LogP contribution in [0.15, 0.2) is 22.7 Å². The third kappa shape index (κ3) is 4.20. The molecule has 2 aromatic rings. The van der Waals surface area contributed by atoms with Crippen LogP contribution >= 0.6 is 15.9 Å². The highest BCUT2D eigenvalue weighted by Gasteiger charge is 2.27. The average Bonchev–Trinajstić information content (AvgIpc) is 3.44. The van der Waals surface area contributed by atoms with Gasteiger partial charge in [-0.05, 0) is 62.8 Å². The van der Waals surface area contributed by atoms with Gasteiger partial charge in [0.15, 0.2) is 0 Å². The molecular weight excluding hydrogens is 388 g/mol. The lowest BCUT2D eigenvalue weighted by atomic mass is 9.96. The maximum absolute atomic E-state index is 4.82. The molecule has 0 amide bonds. The highest BCUT2D eigenvalue weighted by Crippen LogP contribution is 2.40. The van der Waals surface area contributed by atoms with E-state index in [4.69, 9.17) is 9.97 Å². The number of aromatic nitrogens is 2. The van der Waals surface area contributed by atoms with Crippen molar-refractivity contribution in [3.63, 3.8) is 0 Å². The molecule has 1 heterocycles. The molecule has 4 nitrogen and oxygen atoms in total. The molecule has 0 aliphatic heterocycles. The Morgan fingerprint density at radius 2 is 1.62 bits per heavy atom. The lowest BCUT2D eigenvalue weighted by molar-refractivity contribution is 0.460. The van der Waals surface area contributed by atoms with Crippen LogP contribution in [0.5, 0.6) is 0 Å². The van der Waals surface area contributed by atoms with Gasteiger partial charge < -0.3 is 10.6 Å². The van der Waals surface area contributed by atoms with Crippen LogP contribution in [0.1, 0.15) is 67.7 Å². The Hall–Kier alpha value is -1.62. The third-order valence-electron chi connectivity index (χ3n) is 5.43. The quantitative estimate of drug-likeness (QED) is 0.609. The number of rotatable bonds is 5. The highest BCUT2D eigenvalue weighted by molar-refractivity contribution is 9.10. The van der Waals surface area contributed by atoms with Gasteiger partial charge in [-0.3, -0.25) is 0 Å². The number of hydrogen-bond donors (Lipinski definition) is 2. The monoisotopic (exact) mass is 414 g/mol. The number of nitrogens with zero attached hydrogens (tertiary/aromatic N) is 2. The number of aryl methyl sites for hydroxylation is 2. The van der Waals surface area contributed by atoms with Gasteiger partial charge in [-0.2, -0.15) is 4.98 Å². The van der Waals surface area contributed by atoms with E-state index in [1.807, 2.05) is 0 Å². The summed E-state index contributed by atoms with van der Waals surface area (Å²) in [6, 6.07) is 6.92. The molecule has 0 radical (unpaired) electrons. The Morgan fingerprint density at radius 3 is 2.27 bits per heavy atom. The molecule has 0 atom stereocenters. The molecule has 0 spiro atoms. The normalized spacial score (nSPS) is 18.0. The summed E-state index contributed by atoms with van der Waals surface area (Å²) < 4.78 is 1.11. The van der Waals surface area contributed by atoms with Gasteiger partial charge in [0.1, 0.15) is 5.82 Å². The lowest BCUT2D eigenvalue weighted by Gasteiger charge is -2.23. The fraction of sp³-hybridized carbons (Fsp3) is 0.524. The Morgan fingerprint density at radius 1 is 0.923 bits per heavy atom. The molecule has 5 heteroatoms. The molecule has 1 aromatic carbocycles. The summed E-state index contributed by atoms with van der Waals surface area (Å²) in [6.07, 6.45) is 8.92. The van der Waals surface area contributed by atoms with Gasteiger partial charge in [0.2, 0.25) is 5.95 Å². The van der Waals surface area contributed by atoms with Crippen molar-refractivity contribution in [2.45, 2.75) is 70.8 Å². The first kappa shape index (κ1) is 17.8. The number of hydrogen-bond acceptors (Lipinski definition) is 4. The molecule has 2 N–H and O–H groups in total. The van der Waals surface area contributed by atoms with Crippen LogP contribution in [0.2, 0.25) is 0 Å². The van der Waals surface area contributed by atoms with Crippen molar-refractivity contribution in [2.75, 3.05) is 10.6 Å². The lowest BCUT2D eigenvalue weighted by Crippen LogP contribution is -2.24. The molecule has 2 fully saturated rings. The van der Waals surface area contributed by atoms with Gasteiger partial charge in [-0.25, -0.2) is 4.98 Å². The van der Waals surface area contributed by atoms with E-state index in [1.165, 1.54) is 61.8 Å². The van der Waals surface area contributed by atoms with Crippen molar-refractivity contribution >= 4 is 33.4 Å². The fourth-order valence-corrected chi connectivity index (χ4v) is 4.53. The Kier molecular flexibility index (Phi) is 5.16. The number of nitrogens with one attached hydrogen (secondary N) is 2. The standard InChI is InChI=1S/C21H27BrN4/c1-13-10-16(22)11-14(2)20(13)25-19-12-18(15-8-9-15)24-21(26-19)23-17-6-4-3-5-7-17/h10-12,15,17H,3-9H2,1-2H3,(H2,23,24,25,26). The molecule has 26 heavy (non-hydrogen) atoms. The molecule has 2 aliphatic rings. The molecule has 138 valence electrons. The van der Waals surface area contributed by atoms with Crippen molar-refractivity contribution in [1.82, 2.24) is 9.97 Å². The molecule has 0 saturated heterocycles. The summed E-state index contributed by atoms with van der Waals surface area (Å²) in [5, 5.41) is 7.16. The summed E-state index contributed by atoms with van der Waals surface area (Å²) in [6.45, 7) is 4.26. The molecule has 0 unspecified atom stereocenters. The first-order valence-electron chi connectivity index (χ1n) is 9.78. The molecule has 2 saturated carbocycles. The second-order valence-corrected chi connectivity index (χ2v) is 8.71. The third-order valence-corrected chi connectivity index (χ3v) is 5.89. The summed E-state index contributed by atoms with van der Waals surface area (Å²) in [5.74, 6) is 2.29. The highest BCUT2D eigenvalue weighted by atomic mass is 79.9. The van der Waals surface area contributed by atoms with Crippen LogP contribution in [0.25, 0.3) is 0 Å². The predicted octanol–water partition coefficient (Wildman–Crippen LogP) is 6.22. The van der Waals surface area contributed by atoms with Gasteiger partial charge in [0, 0.05) is 28.2 Å². The van der Waals surface area contributed by atoms with Crippen molar-refractivity contribution in [1.29, 1.82) is 0 Å². The molecular formula is C21H27BrN4. The van der Waals surface area contributed by atoms with Crippen molar-refractivity contribution in [3.8, 4) is 0 Å². The smallest absolute Gasteiger partial charge is 0.225 e. The first-order valence-corrected chi connectivity index (χ1v) is 10.6. The van der Waals surface area contributed by atoms with E-state index in [9.17, 15) is 0 Å². The van der Waals surface area contributed by atoms with Crippen LogP contribution in [-0.2, 0) is 0 Å². The van der Waals surface area contributed by atoms with E-state index >= 15 is 0 Å². The van der Waals surface area contributed by atoms with Gasteiger partial charge in [0.25, 0.3) is 0 Å². The van der Waals surface area contributed by atoms with E-state index < -0.39 is 0 Å². The van der Waals surface area contributed by atoms with Crippen LogP contribution in [0, 0.1) is 13.8 Å².